The number of rotatable bonds is 5. The lowest BCUT2D eigenvalue weighted by Gasteiger charge is -2.23. The SMILES string of the molecule is Cc1cccc(NC(=O)CNC(=O)C[C@@H]2Sc3ccc(Cl)cc3NC2=O)c1C. The van der Waals surface area contributed by atoms with Gasteiger partial charge < -0.3 is 16.0 Å². The summed E-state index contributed by atoms with van der Waals surface area (Å²) in [4.78, 5) is 37.4. The molecule has 0 saturated heterocycles. The van der Waals surface area contributed by atoms with Gasteiger partial charge in [-0.1, -0.05) is 23.7 Å². The monoisotopic (exact) mass is 417 g/mol. The van der Waals surface area contributed by atoms with Crippen molar-refractivity contribution in [2.75, 3.05) is 17.2 Å². The Morgan fingerprint density at radius 2 is 1.96 bits per heavy atom. The van der Waals surface area contributed by atoms with Gasteiger partial charge in [-0.05, 0) is 49.2 Å². The molecule has 0 aromatic heterocycles. The molecule has 8 heteroatoms. The van der Waals surface area contributed by atoms with E-state index in [0.29, 0.717) is 10.7 Å². The van der Waals surface area contributed by atoms with E-state index >= 15 is 0 Å². The molecular weight excluding hydrogens is 398 g/mol. The molecule has 1 aliphatic heterocycles. The fourth-order valence-electron chi connectivity index (χ4n) is 2.76. The predicted octanol–water partition coefficient (Wildman–Crippen LogP) is 3.51. The van der Waals surface area contributed by atoms with Crippen LogP contribution in [0.3, 0.4) is 0 Å². The molecule has 0 radical (unpaired) electrons. The van der Waals surface area contributed by atoms with Gasteiger partial charge in [-0.2, -0.15) is 0 Å². The number of halogens is 1. The molecule has 3 N–H and O–H groups in total. The van der Waals surface area contributed by atoms with Crippen LogP contribution in [0.1, 0.15) is 17.5 Å². The second-order valence-corrected chi connectivity index (χ2v) is 8.19. The predicted molar refractivity (Wildman–Crippen MR) is 112 cm³/mol. The zero-order valence-corrected chi connectivity index (χ0v) is 17.0. The molecule has 1 atom stereocenters. The largest absolute Gasteiger partial charge is 0.347 e. The molecule has 0 aliphatic carbocycles. The minimum Gasteiger partial charge on any atom is -0.347 e. The molecule has 3 amide bonds. The molecule has 1 heterocycles. The zero-order valence-electron chi connectivity index (χ0n) is 15.5. The van der Waals surface area contributed by atoms with Crippen molar-refractivity contribution in [2.45, 2.75) is 30.4 Å². The zero-order chi connectivity index (χ0) is 20.3. The Hall–Kier alpha value is -2.51. The lowest BCUT2D eigenvalue weighted by molar-refractivity contribution is -0.125. The van der Waals surface area contributed by atoms with Crippen LogP contribution in [0.2, 0.25) is 5.02 Å². The van der Waals surface area contributed by atoms with E-state index in [1.54, 1.807) is 12.1 Å². The smallest absolute Gasteiger partial charge is 0.243 e. The average molecular weight is 418 g/mol. The molecular formula is C20H20ClN3O3S. The molecule has 3 rings (SSSR count). The number of aryl methyl sites for hydroxylation is 1. The van der Waals surface area contributed by atoms with Crippen molar-refractivity contribution in [3.8, 4) is 0 Å². The van der Waals surface area contributed by atoms with Gasteiger partial charge in [-0.3, -0.25) is 14.4 Å². The van der Waals surface area contributed by atoms with Crippen molar-refractivity contribution in [1.82, 2.24) is 5.32 Å². The minimum atomic E-state index is -0.559. The number of fused-ring (bicyclic) bond motifs is 1. The van der Waals surface area contributed by atoms with E-state index in [4.69, 9.17) is 11.6 Å². The Labute approximate surface area is 172 Å². The number of amides is 3. The Bertz CT molecular complexity index is 948. The number of benzene rings is 2. The van der Waals surface area contributed by atoms with Crippen LogP contribution in [-0.4, -0.2) is 29.5 Å². The quantitative estimate of drug-likeness (QED) is 0.694. The third-order valence-electron chi connectivity index (χ3n) is 4.46. The molecule has 1 aliphatic rings. The number of nitrogens with one attached hydrogen (secondary N) is 3. The Morgan fingerprint density at radius 3 is 2.75 bits per heavy atom. The topological polar surface area (TPSA) is 87.3 Å². The van der Waals surface area contributed by atoms with E-state index in [2.05, 4.69) is 16.0 Å². The first-order valence-corrected chi connectivity index (χ1v) is 9.99. The molecule has 28 heavy (non-hydrogen) atoms. The lowest BCUT2D eigenvalue weighted by Crippen LogP contribution is -2.38. The van der Waals surface area contributed by atoms with Gasteiger partial charge in [0.1, 0.15) is 0 Å². The minimum absolute atomic E-state index is 0.0185. The molecule has 146 valence electrons. The Kier molecular flexibility index (Phi) is 6.26. The van der Waals surface area contributed by atoms with E-state index in [-0.39, 0.29) is 30.7 Å². The van der Waals surface area contributed by atoms with E-state index in [9.17, 15) is 14.4 Å². The molecule has 0 fully saturated rings. The summed E-state index contributed by atoms with van der Waals surface area (Å²) in [6.07, 6.45) is -0.0185. The molecule has 2 aromatic carbocycles. The van der Waals surface area contributed by atoms with E-state index in [0.717, 1.165) is 21.7 Å². The summed E-state index contributed by atoms with van der Waals surface area (Å²) in [5.41, 5.74) is 3.42. The van der Waals surface area contributed by atoms with Crippen molar-refractivity contribution in [3.05, 3.63) is 52.5 Å². The van der Waals surface area contributed by atoms with Crippen molar-refractivity contribution >= 4 is 52.5 Å². The molecule has 0 unspecified atom stereocenters. The fourth-order valence-corrected chi connectivity index (χ4v) is 4.02. The van der Waals surface area contributed by atoms with Crippen LogP contribution in [0.5, 0.6) is 0 Å². The number of hydrogen-bond acceptors (Lipinski definition) is 4. The van der Waals surface area contributed by atoms with Gasteiger partial charge in [-0.25, -0.2) is 0 Å². The summed E-state index contributed by atoms with van der Waals surface area (Å²) < 4.78 is 0. The Balaban J connectivity index is 1.51. The van der Waals surface area contributed by atoms with Gasteiger partial charge >= 0.3 is 0 Å². The van der Waals surface area contributed by atoms with Crippen LogP contribution in [0.15, 0.2) is 41.3 Å². The standard InChI is InChI=1S/C20H20ClN3O3S/c1-11-4-3-5-14(12(11)2)23-19(26)10-22-18(25)9-17-20(27)24-15-8-13(21)6-7-16(15)28-17/h3-8,17H,9-10H2,1-2H3,(H,22,25)(H,23,26)(H,24,27)/t17-/m0/s1. The molecule has 0 bridgehead atoms. The van der Waals surface area contributed by atoms with E-state index in [1.807, 2.05) is 38.1 Å². The molecule has 0 saturated carbocycles. The highest BCUT2D eigenvalue weighted by Gasteiger charge is 2.29. The number of carbonyl (C=O) groups excluding carboxylic acids is 3. The lowest BCUT2D eigenvalue weighted by atomic mass is 10.1. The van der Waals surface area contributed by atoms with Gasteiger partial charge in [-0.15, -0.1) is 11.8 Å². The second kappa shape index (κ2) is 8.67. The molecule has 6 nitrogen and oxygen atoms in total. The van der Waals surface area contributed by atoms with Crippen LogP contribution < -0.4 is 16.0 Å². The van der Waals surface area contributed by atoms with Crippen molar-refractivity contribution < 1.29 is 14.4 Å². The average Bonchev–Trinajstić information content (AvgIpc) is 2.64. The summed E-state index contributed by atoms with van der Waals surface area (Å²) in [7, 11) is 0. The van der Waals surface area contributed by atoms with Gasteiger partial charge in [0.15, 0.2) is 0 Å². The van der Waals surface area contributed by atoms with Crippen LogP contribution in [0, 0.1) is 13.8 Å². The van der Waals surface area contributed by atoms with E-state index < -0.39 is 5.25 Å². The number of carbonyl (C=O) groups is 3. The summed E-state index contributed by atoms with van der Waals surface area (Å²) in [5.74, 6) is -0.932. The van der Waals surface area contributed by atoms with Crippen LogP contribution in [-0.2, 0) is 14.4 Å². The summed E-state index contributed by atoms with van der Waals surface area (Å²) >= 11 is 7.24. The normalized spacial score (nSPS) is 15.4. The highest BCUT2D eigenvalue weighted by Crippen LogP contribution is 2.38. The first kappa shape index (κ1) is 20.2. The maximum absolute atomic E-state index is 12.2. The summed E-state index contributed by atoms with van der Waals surface area (Å²) in [5, 5.41) is 8.09. The number of anilines is 2. The maximum atomic E-state index is 12.2. The van der Waals surface area contributed by atoms with E-state index in [1.165, 1.54) is 11.8 Å². The molecule has 2 aromatic rings. The Morgan fingerprint density at radius 1 is 1.18 bits per heavy atom. The first-order chi connectivity index (χ1) is 13.3. The highest BCUT2D eigenvalue weighted by molar-refractivity contribution is 8.01. The van der Waals surface area contributed by atoms with Crippen molar-refractivity contribution in [2.24, 2.45) is 0 Å². The second-order valence-electron chi connectivity index (χ2n) is 6.51. The number of thioether (sulfide) groups is 1. The van der Waals surface area contributed by atoms with Gasteiger partial charge in [0.2, 0.25) is 17.7 Å². The molecule has 0 spiro atoms. The van der Waals surface area contributed by atoms with Gasteiger partial charge in [0.05, 0.1) is 17.5 Å². The van der Waals surface area contributed by atoms with Gasteiger partial charge in [0.25, 0.3) is 0 Å². The van der Waals surface area contributed by atoms with Crippen LogP contribution in [0.4, 0.5) is 11.4 Å². The summed E-state index contributed by atoms with van der Waals surface area (Å²) in [6.45, 7) is 3.73. The number of hydrogen-bond donors (Lipinski definition) is 3. The van der Waals surface area contributed by atoms with Crippen molar-refractivity contribution in [3.63, 3.8) is 0 Å². The van der Waals surface area contributed by atoms with Crippen LogP contribution >= 0.6 is 23.4 Å². The third-order valence-corrected chi connectivity index (χ3v) is 5.97. The summed E-state index contributed by atoms with van der Waals surface area (Å²) in [6, 6.07) is 10.9. The first-order valence-electron chi connectivity index (χ1n) is 8.73. The third kappa shape index (κ3) is 4.85. The van der Waals surface area contributed by atoms with Crippen LogP contribution in [0.25, 0.3) is 0 Å². The fraction of sp³-hybridized carbons (Fsp3) is 0.250. The maximum Gasteiger partial charge on any atom is 0.243 e. The highest BCUT2D eigenvalue weighted by atomic mass is 35.5. The van der Waals surface area contributed by atoms with Gasteiger partial charge in [0, 0.05) is 22.0 Å². The van der Waals surface area contributed by atoms with Crippen molar-refractivity contribution in [1.29, 1.82) is 0 Å².